The van der Waals surface area contributed by atoms with Gasteiger partial charge in [0.15, 0.2) is 11.8 Å². The van der Waals surface area contributed by atoms with E-state index in [4.69, 9.17) is 0 Å². The van der Waals surface area contributed by atoms with Gasteiger partial charge in [0.05, 0.1) is 6.54 Å². The summed E-state index contributed by atoms with van der Waals surface area (Å²) in [6.45, 7) is 3.89. The third-order valence-electron chi connectivity index (χ3n) is 4.02. The molecule has 0 aliphatic rings. The van der Waals surface area contributed by atoms with Gasteiger partial charge in [-0.1, -0.05) is 36.4 Å². The van der Waals surface area contributed by atoms with E-state index >= 15 is 0 Å². The molecule has 6 nitrogen and oxygen atoms in total. The summed E-state index contributed by atoms with van der Waals surface area (Å²) in [5.41, 5.74) is 2.73. The lowest BCUT2D eigenvalue weighted by molar-refractivity contribution is 0.606. The highest BCUT2D eigenvalue weighted by molar-refractivity contribution is 5.79. The smallest absolute Gasteiger partial charge is 0.191 e. The molecule has 0 amide bonds. The van der Waals surface area contributed by atoms with Crippen LogP contribution in [0.5, 0.6) is 0 Å². The lowest BCUT2D eigenvalue weighted by Gasteiger charge is -2.12. The minimum atomic E-state index is -0.175. The molecule has 0 spiro atoms. The van der Waals surface area contributed by atoms with Crippen molar-refractivity contribution in [2.45, 2.75) is 19.9 Å². The average molecular weight is 366 g/mol. The van der Waals surface area contributed by atoms with Crippen LogP contribution in [0.4, 0.5) is 4.39 Å². The molecule has 0 unspecified atom stereocenters. The molecular weight excluding hydrogens is 343 g/mol. The summed E-state index contributed by atoms with van der Waals surface area (Å²) in [5.74, 6) is 1.26. The SMILES string of the molecule is CCNC(=NCc1cccc(-c2ncn[nH]2)c1)NCCc1ccccc1F. The predicted molar refractivity (Wildman–Crippen MR) is 105 cm³/mol. The molecular formula is C20H23FN6. The summed E-state index contributed by atoms with van der Waals surface area (Å²) >= 11 is 0. The van der Waals surface area contributed by atoms with E-state index in [9.17, 15) is 4.39 Å². The van der Waals surface area contributed by atoms with Crippen molar-refractivity contribution in [3.8, 4) is 11.4 Å². The molecule has 0 aliphatic heterocycles. The number of halogens is 1. The van der Waals surface area contributed by atoms with Gasteiger partial charge in [-0.3, -0.25) is 5.10 Å². The number of rotatable bonds is 7. The number of aromatic amines is 1. The fraction of sp³-hybridized carbons (Fsp3) is 0.250. The van der Waals surface area contributed by atoms with Gasteiger partial charge in [-0.2, -0.15) is 5.10 Å². The second-order valence-corrected chi connectivity index (χ2v) is 6.00. The van der Waals surface area contributed by atoms with Gasteiger partial charge in [0.2, 0.25) is 0 Å². The van der Waals surface area contributed by atoms with Gasteiger partial charge in [0.25, 0.3) is 0 Å². The Kier molecular flexibility index (Phi) is 6.51. The Morgan fingerprint density at radius 2 is 2.04 bits per heavy atom. The van der Waals surface area contributed by atoms with E-state index in [0.29, 0.717) is 31.0 Å². The summed E-state index contributed by atoms with van der Waals surface area (Å²) in [6, 6.07) is 14.8. The predicted octanol–water partition coefficient (Wildman–Crippen LogP) is 2.91. The number of aliphatic imine (C=N–C) groups is 1. The van der Waals surface area contributed by atoms with Crippen LogP contribution in [0, 0.1) is 5.82 Å². The highest BCUT2D eigenvalue weighted by atomic mass is 19.1. The van der Waals surface area contributed by atoms with Gasteiger partial charge >= 0.3 is 0 Å². The van der Waals surface area contributed by atoms with Crippen LogP contribution in [0.1, 0.15) is 18.1 Å². The molecule has 0 atom stereocenters. The van der Waals surface area contributed by atoms with Crippen LogP contribution in [0.25, 0.3) is 11.4 Å². The minimum Gasteiger partial charge on any atom is -0.357 e. The summed E-state index contributed by atoms with van der Waals surface area (Å²) in [6.07, 6.45) is 2.08. The number of nitrogens with one attached hydrogen (secondary N) is 3. The second-order valence-electron chi connectivity index (χ2n) is 6.00. The minimum absolute atomic E-state index is 0.175. The third kappa shape index (κ3) is 5.37. The number of guanidine groups is 1. The van der Waals surface area contributed by atoms with Crippen molar-refractivity contribution < 1.29 is 4.39 Å². The number of benzene rings is 2. The van der Waals surface area contributed by atoms with Gasteiger partial charge in [0.1, 0.15) is 12.1 Å². The maximum absolute atomic E-state index is 13.7. The Morgan fingerprint density at radius 1 is 1.15 bits per heavy atom. The molecule has 0 radical (unpaired) electrons. The van der Waals surface area contributed by atoms with Gasteiger partial charge < -0.3 is 10.6 Å². The molecule has 3 N–H and O–H groups in total. The van der Waals surface area contributed by atoms with Crippen LogP contribution in [-0.4, -0.2) is 34.2 Å². The molecule has 7 heteroatoms. The van der Waals surface area contributed by atoms with Gasteiger partial charge in [0, 0.05) is 18.7 Å². The first-order chi connectivity index (χ1) is 13.3. The Balaban J connectivity index is 1.60. The van der Waals surface area contributed by atoms with Crippen molar-refractivity contribution in [1.29, 1.82) is 0 Å². The van der Waals surface area contributed by atoms with Crippen LogP contribution in [0.15, 0.2) is 59.9 Å². The van der Waals surface area contributed by atoms with E-state index in [1.54, 1.807) is 12.1 Å². The van der Waals surface area contributed by atoms with Crippen LogP contribution >= 0.6 is 0 Å². The maximum Gasteiger partial charge on any atom is 0.191 e. The molecule has 3 rings (SSSR count). The van der Waals surface area contributed by atoms with Crippen molar-refractivity contribution in [2.75, 3.05) is 13.1 Å². The molecule has 0 fully saturated rings. The lowest BCUT2D eigenvalue weighted by Crippen LogP contribution is -2.38. The highest BCUT2D eigenvalue weighted by Gasteiger charge is 2.04. The second kappa shape index (κ2) is 9.47. The molecule has 0 saturated heterocycles. The monoisotopic (exact) mass is 366 g/mol. The van der Waals surface area contributed by atoms with Gasteiger partial charge in [-0.05, 0) is 36.6 Å². The standard InChI is InChI=1S/C20H23FN6/c1-2-22-20(23-11-10-16-7-3-4-9-18(16)21)24-13-15-6-5-8-17(12-15)19-25-14-26-27-19/h3-9,12,14H,2,10-11,13H2,1H3,(H2,22,23,24)(H,25,26,27). The van der Waals surface area contributed by atoms with Crippen molar-refractivity contribution in [1.82, 2.24) is 25.8 Å². The summed E-state index contributed by atoms with van der Waals surface area (Å²) in [5, 5.41) is 13.2. The maximum atomic E-state index is 13.7. The number of hydrogen-bond acceptors (Lipinski definition) is 3. The normalized spacial score (nSPS) is 11.4. The van der Waals surface area contributed by atoms with E-state index in [-0.39, 0.29) is 5.82 Å². The molecule has 0 aliphatic carbocycles. The van der Waals surface area contributed by atoms with E-state index in [1.807, 2.05) is 37.3 Å². The molecule has 1 aromatic heterocycles. The fourth-order valence-corrected chi connectivity index (χ4v) is 2.69. The average Bonchev–Trinajstić information content (AvgIpc) is 3.23. The van der Waals surface area contributed by atoms with Crippen LogP contribution in [-0.2, 0) is 13.0 Å². The molecule has 2 aromatic carbocycles. The Labute approximate surface area is 158 Å². The molecule has 3 aromatic rings. The molecule has 140 valence electrons. The van der Waals surface area contributed by atoms with E-state index < -0.39 is 0 Å². The summed E-state index contributed by atoms with van der Waals surface area (Å²) in [4.78, 5) is 8.79. The first-order valence-corrected chi connectivity index (χ1v) is 8.96. The van der Waals surface area contributed by atoms with Crippen LogP contribution in [0.2, 0.25) is 0 Å². The highest BCUT2D eigenvalue weighted by Crippen LogP contribution is 2.15. The topological polar surface area (TPSA) is 78.0 Å². The largest absolute Gasteiger partial charge is 0.357 e. The number of aromatic nitrogens is 3. The molecule has 1 heterocycles. The van der Waals surface area contributed by atoms with Gasteiger partial charge in [-0.15, -0.1) is 0 Å². The summed E-state index contributed by atoms with van der Waals surface area (Å²) < 4.78 is 13.7. The number of H-pyrrole nitrogens is 1. The van der Waals surface area contributed by atoms with Gasteiger partial charge in [-0.25, -0.2) is 14.4 Å². The molecule has 27 heavy (non-hydrogen) atoms. The lowest BCUT2D eigenvalue weighted by atomic mass is 10.1. The zero-order valence-corrected chi connectivity index (χ0v) is 15.2. The van der Waals surface area contributed by atoms with Crippen LogP contribution in [0.3, 0.4) is 0 Å². The van der Waals surface area contributed by atoms with Crippen molar-refractivity contribution >= 4 is 5.96 Å². The summed E-state index contributed by atoms with van der Waals surface area (Å²) in [7, 11) is 0. The fourth-order valence-electron chi connectivity index (χ4n) is 2.69. The Morgan fingerprint density at radius 3 is 2.81 bits per heavy atom. The van der Waals surface area contributed by atoms with Crippen molar-refractivity contribution in [3.05, 3.63) is 71.8 Å². The van der Waals surface area contributed by atoms with Crippen molar-refractivity contribution in [2.24, 2.45) is 4.99 Å². The Hall–Kier alpha value is -3.22. The quantitative estimate of drug-likeness (QED) is 0.444. The van der Waals surface area contributed by atoms with Crippen LogP contribution < -0.4 is 10.6 Å². The zero-order valence-electron chi connectivity index (χ0n) is 15.2. The van der Waals surface area contributed by atoms with E-state index in [2.05, 4.69) is 30.8 Å². The zero-order chi connectivity index (χ0) is 18.9. The first kappa shape index (κ1) is 18.6. The Bertz CT molecular complexity index is 876. The van der Waals surface area contributed by atoms with E-state index in [1.165, 1.54) is 12.4 Å². The number of hydrogen-bond donors (Lipinski definition) is 3. The number of nitrogens with zero attached hydrogens (tertiary/aromatic N) is 3. The first-order valence-electron chi connectivity index (χ1n) is 8.96. The van der Waals surface area contributed by atoms with E-state index in [0.717, 1.165) is 23.5 Å². The third-order valence-corrected chi connectivity index (χ3v) is 4.02. The van der Waals surface area contributed by atoms with Crippen molar-refractivity contribution in [3.63, 3.8) is 0 Å². The molecule has 0 saturated carbocycles. The molecule has 0 bridgehead atoms.